The number of nitrogens with one attached hydrogen (secondary N) is 1. The van der Waals surface area contributed by atoms with Crippen LogP contribution in [0.3, 0.4) is 0 Å². The number of hydrogen-bond donors (Lipinski definition) is 1. The SMILES string of the molecule is Cc1c([C@@H](C)N[C@H]2CC(=O)N(CC(F)(F)F)C2)cnn1C(C)C. The van der Waals surface area contributed by atoms with Crippen LogP contribution in [0, 0.1) is 6.92 Å². The van der Waals surface area contributed by atoms with Crippen molar-refractivity contribution in [3.63, 3.8) is 0 Å². The highest BCUT2D eigenvalue weighted by molar-refractivity contribution is 5.79. The zero-order chi connectivity index (χ0) is 17.4. The summed E-state index contributed by atoms with van der Waals surface area (Å²) in [6, 6.07) is -0.112. The molecular weight excluding hydrogens is 309 g/mol. The van der Waals surface area contributed by atoms with Gasteiger partial charge in [0.1, 0.15) is 6.54 Å². The Bertz CT molecular complexity index is 568. The molecule has 1 aromatic rings. The van der Waals surface area contributed by atoms with E-state index in [1.165, 1.54) is 0 Å². The van der Waals surface area contributed by atoms with Gasteiger partial charge in [-0.3, -0.25) is 9.48 Å². The van der Waals surface area contributed by atoms with Gasteiger partial charge in [0.05, 0.1) is 6.20 Å². The van der Waals surface area contributed by atoms with E-state index in [4.69, 9.17) is 0 Å². The summed E-state index contributed by atoms with van der Waals surface area (Å²) in [5, 5.41) is 7.59. The molecule has 0 saturated carbocycles. The van der Waals surface area contributed by atoms with E-state index in [0.29, 0.717) is 0 Å². The highest BCUT2D eigenvalue weighted by Crippen LogP contribution is 2.24. The van der Waals surface area contributed by atoms with Crippen molar-refractivity contribution in [1.29, 1.82) is 0 Å². The highest BCUT2D eigenvalue weighted by Gasteiger charge is 2.38. The maximum absolute atomic E-state index is 12.4. The number of alkyl halides is 3. The van der Waals surface area contributed by atoms with Crippen LogP contribution < -0.4 is 5.32 Å². The molecule has 2 heterocycles. The van der Waals surface area contributed by atoms with Gasteiger partial charge >= 0.3 is 6.18 Å². The Balaban J connectivity index is 1.99. The number of carbonyl (C=O) groups is 1. The van der Waals surface area contributed by atoms with Gasteiger partial charge in [0, 0.05) is 42.3 Å². The molecule has 0 aliphatic carbocycles. The normalized spacial score (nSPS) is 20.6. The van der Waals surface area contributed by atoms with E-state index in [1.807, 2.05) is 32.4 Å². The average molecular weight is 332 g/mol. The minimum Gasteiger partial charge on any atom is -0.332 e. The Labute approximate surface area is 133 Å². The zero-order valence-corrected chi connectivity index (χ0v) is 13.8. The molecule has 0 aromatic carbocycles. The molecule has 1 aromatic heterocycles. The molecule has 8 heteroatoms. The lowest BCUT2D eigenvalue weighted by Gasteiger charge is -2.21. The van der Waals surface area contributed by atoms with Crippen molar-refractivity contribution in [2.75, 3.05) is 13.1 Å². The van der Waals surface area contributed by atoms with Crippen LogP contribution in [-0.2, 0) is 4.79 Å². The molecule has 0 bridgehead atoms. The lowest BCUT2D eigenvalue weighted by Crippen LogP contribution is -2.38. The van der Waals surface area contributed by atoms with Gasteiger partial charge in [0.25, 0.3) is 0 Å². The van der Waals surface area contributed by atoms with E-state index in [1.54, 1.807) is 6.20 Å². The maximum Gasteiger partial charge on any atom is 0.406 e. The lowest BCUT2D eigenvalue weighted by molar-refractivity contribution is -0.157. The second-order valence-electron chi connectivity index (χ2n) is 6.40. The Kier molecular flexibility index (Phi) is 5.03. The number of likely N-dealkylation sites (tertiary alicyclic amines) is 1. The highest BCUT2D eigenvalue weighted by atomic mass is 19.4. The van der Waals surface area contributed by atoms with E-state index in [-0.39, 0.29) is 31.1 Å². The van der Waals surface area contributed by atoms with Crippen molar-refractivity contribution < 1.29 is 18.0 Å². The van der Waals surface area contributed by atoms with Crippen molar-refractivity contribution in [3.05, 3.63) is 17.5 Å². The molecule has 1 amide bonds. The number of rotatable bonds is 5. The van der Waals surface area contributed by atoms with Gasteiger partial charge in [-0.05, 0) is 27.7 Å². The summed E-state index contributed by atoms with van der Waals surface area (Å²) >= 11 is 0. The van der Waals surface area contributed by atoms with Crippen LogP contribution in [0.2, 0.25) is 0 Å². The van der Waals surface area contributed by atoms with Crippen LogP contribution in [0.4, 0.5) is 13.2 Å². The second-order valence-corrected chi connectivity index (χ2v) is 6.40. The summed E-state index contributed by atoms with van der Waals surface area (Å²) in [6.07, 6.45) is -2.49. The first kappa shape index (κ1) is 17.8. The van der Waals surface area contributed by atoms with Crippen molar-refractivity contribution in [1.82, 2.24) is 20.0 Å². The van der Waals surface area contributed by atoms with E-state index < -0.39 is 18.6 Å². The smallest absolute Gasteiger partial charge is 0.332 e. The number of carbonyl (C=O) groups excluding carboxylic acids is 1. The van der Waals surface area contributed by atoms with Crippen LogP contribution in [0.15, 0.2) is 6.20 Å². The molecule has 5 nitrogen and oxygen atoms in total. The molecule has 0 spiro atoms. The molecule has 0 unspecified atom stereocenters. The van der Waals surface area contributed by atoms with E-state index in [9.17, 15) is 18.0 Å². The zero-order valence-electron chi connectivity index (χ0n) is 13.8. The molecule has 1 saturated heterocycles. The fraction of sp³-hybridized carbons (Fsp3) is 0.733. The number of amides is 1. The first-order chi connectivity index (χ1) is 10.6. The van der Waals surface area contributed by atoms with Crippen LogP contribution in [-0.4, -0.2) is 45.9 Å². The molecule has 0 radical (unpaired) electrons. The third kappa shape index (κ3) is 4.25. The predicted octanol–water partition coefficient (Wildman–Crippen LogP) is 2.59. The summed E-state index contributed by atoms with van der Waals surface area (Å²) in [7, 11) is 0. The van der Waals surface area contributed by atoms with Gasteiger partial charge in [-0.25, -0.2) is 0 Å². The van der Waals surface area contributed by atoms with E-state index in [2.05, 4.69) is 10.4 Å². The molecular formula is C15H23F3N4O. The van der Waals surface area contributed by atoms with Crippen molar-refractivity contribution in [2.45, 2.75) is 58.4 Å². The van der Waals surface area contributed by atoms with Crippen LogP contribution in [0.25, 0.3) is 0 Å². The first-order valence-electron chi connectivity index (χ1n) is 7.73. The van der Waals surface area contributed by atoms with Gasteiger partial charge in [0.2, 0.25) is 5.91 Å². The number of hydrogen-bond acceptors (Lipinski definition) is 3. The fourth-order valence-corrected chi connectivity index (χ4v) is 3.08. The maximum atomic E-state index is 12.4. The van der Waals surface area contributed by atoms with Crippen molar-refractivity contribution in [2.24, 2.45) is 0 Å². The van der Waals surface area contributed by atoms with Gasteiger partial charge in [-0.2, -0.15) is 18.3 Å². The third-order valence-corrected chi connectivity index (χ3v) is 4.11. The summed E-state index contributed by atoms with van der Waals surface area (Å²) < 4.78 is 39.2. The number of nitrogens with zero attached hydrogens (tertiary/aromatic N) is 3. The average Bonchev–Trinajstić information content (AvgIpc) is 2.91. The molecule has 2 atom stereocenters. The molecule has 1 fully saturated rings. The van der Waals surface area contributed by atoms with Crippen LogP contribution >= 0.6 is 0 Å². The molecule has 1 N–H and O–H groups in total. The lowest BCUT2D eigenvalue weighted by atomic mass is 10.1. The van der Waals surface area contributed by atoms with Crippen molar-refractivity contribution >= 4 is 5.91 Å². The van der Waals surface area contributed by atoms with Gasteiger partial charge in [0.15, 0.2) is 0 Å². The minimum absolute atomic E-state index is 0.0777. The summed E-state index contributed by atoms with van der Waals surface area (Å²) in [5.74, 6) is -0.457. The first-order valence-corrected chi connectivity index (χ1v) is 7.73. The standard InChI is InChI=1S/C15H23F3N4O/c1-9(2)22-11(4)13(6-19-22)10(3)20-12-5-14(23)21(7-12)8-15(16,17)18/h6,9-10,12,20H,5,7-8H2,1-4H3/t10-,12+/m1/s1. The van der Waals surface area contributed by atoms with Crippen molar-refractivity contribution in [3.8, 4) is 0 Å². The topological polar surface area (TPSA) is 50.2 Å². The quantitative estimate of drug-likeness (QED) is 0.902. The molecule has 2 rings (SSSR count). The van der Waals surface area contributed by atoms with Crippen LogP contribution in [0.5, 0.6) is 0 Å². The number of halogens is 3. The summed E-state index contributed by atoms with van der Waals surface area (Å²) in [6.45, 7) is 6.88. The number of aromatic nitrogens is 2. The summed E-state index contributed by atoms with van der Waals surface area (Å²) in [4.78, 5) is 12.6. The summed E-state index contributed by atoms with van der Waals surface area (Å²) in [5.41, 5.74) is 2.02. The fourth-order valence-electron chi connectivity index (χ4n) is 3.08. The molecule has 1 aliphatic rings. The predicted molar refractivity (Wildman–Crippen MR) is 79.9 cm³/mol. The van der Waals surface area contributed by atoms with Gasteiger partial charge in [-0.15, -0.1) is 0 Å². The largest absolute Gasteiger partial charge is 0.406 e. The van der Waals surface area contributed by atoms with Crippen LogP contribution in [0.1, 0.15) is 50.5 Å². The Hall–Kier alpha value is -1.57. The molecule has 1 aliphatic heterocycles. The molecule has 130 valence electrons. The van der Waals surface area contributed by atoms with E-state index >= 15 is 0 Å². The monoisotopic (exact) mass is 332 g/mol. The Morgan fingerprint density at radius 2 is 2.04 bits per heavy atom. The molecule has 23 heavy (non-hydrogen) atoms. The van der Waals surface area contributed by atoms with Gasteiger partial charge < -0.3 is 10.2 Å². The third-order valence-electron chi connectivity index (χ3n) is 4.11. The van der Waals surface area contributed by atoms with Gasteiger partial charge in [-0.1, -0.05) is 0 Å². The second kappa shape index (κ2) is 6.51. The van der Waals surface area contributed by atoms with E-state index in [0.717, 1.165) is 16.2 Å². The minimum atomic E-state index is -4.36. The Morgan fingerprint density at radius 3 is 2.57 bits per heavy atom. The Morgan fingerprint density at radius 1 is 1.39 bits per heavy atom.